The van der Waals surface area contributed by atoms with Gasteiger partial charge in [0.2, 0.25) is 0 Å². The Hall–Kier alpha value is -2.75. The zero-order valence-corrected chi connectivity index (χ0v) is 11.7. The van der Waals surface area contributed by atoms with E-state index in [0.717, 1.165) is 19.2 Å². The number of aromatic nitrogens is 1. The lowest BCUT2D eigenvalue weighted by Gasteiger charge is -2.14. The number of methoxy groups -OCH3 is 1. The van der Waals surface area contributed by atoms with Gasteiger partial charge in [0.1, 0.15) is 17.4 Å². The van der Waals surface area contributed by atoms with Gasteiger partial charge in [0.05, 0.1) is 12.7 Å². The van der Waals surface area contributed by atoms with Crippen molar-refractivity contribution < 1.29 is 17.9 Å². The Labute approximate surface area is 123 Å². The topological polar surface area (TPSA) is 65.9 Å². The number of benzene rings is 1. The van der Waals surface area contributed by atoms with Gasteiger partial charge in [0.25, 0.3) is 5.56 Å². The summed E-state index contributed by atoms with van der Waals surface area (Å²) in [5, 5.41) is 9.08. The molecule has 0 spiro atoms. The van der Waals surface area contributed by atoms with Crippen molar-refractivity contribution in [1.29, 1.82) is 5.26 Å². The van der Waals surface area contributed by atoms with Gasteiger partial charge >= 0.3 is 6.18 Å². The van der Waals surface area contributed by atoms with E-state index in [2.05, 4.69) is 4.98 Å². The Morgan fingerprint density at radius 2 is 1.95 bits per heavy atom. The molecule has 0 saturated heterocycles. The Morgan fingerprint density at radius 3 is 2.50 bits per heavy atom. The van der Waals surface area contributed by atoms with Crippen molar-refractivity contribution in [2.24, 2.45) is 0 Å². The number of nitrogens with zero attached hydrogens (tertiary/aromatic N) is 1. The van der Waals surface area contributed by atoms with Gasteiger partial charge in [-0.25, -0.2) is 0 Å². The molecule has 1 aromatic carbocycles. The highest BCUT2D eigenvalue weighted by atomic mass is 19.4. The molecule has 1 aromatic heterocycles. The highest BCUT2D eigenvalue weighted by Gasteiger charge is 2.34. The minimum Gasteiger partial charge on any atom is -0.496 e. The van der Waals surface area contributed by atoms with E-state index >= 15 is 0 Å². The number of aromatic amines is 1. The highest BCUT2D eigenvalue weighted by molar-refractivity contribution is 5.72. The summed E-state index contributed by atoms with van der Waals surface area (Å²) >= 11 is 0. The van der Waals surface area contributed by atoms with E-state index in [1.165, 1.54) is 12.1 Å². The van der Waals surface area contributed by atoms with E-state index < -0.39 is 17.3 Å². The third kappa shape index (κ3) is 2.81. The molecule has 0 unspecified atom stereocenters. The molecule has 0 aliphatic rings. The van der Waals surface area contributed by atoms with Crippen molar-refractivity contribution in [3.8, 4) is 22.9 Å². The summed E-state index contributed by atoms with van der Waals surface area (Å²) in [6.45, 7) is 1.62. The maximum absolute atomic E-state index is 12.9. The first-order chi connectivity index (χ1) is 10.3. The van der Waals surface area contributed by atoms with Crippen LogP contribution in [0, 0.1) is 18.3 Å². The molecule has 1 N–H and O–H groups in total. The second-order valence-corrected chi connectivity index (χ2v) is 4.59. The summed E-state index contributed by atoms with van der Waals surface area (Å²) in [5.74, 6) is -0.369. The first-order valence-corrected chi connectivity index (χ1v) is 6.17. The lowest BCUT2D eigenvalue weighted by atomic mass is 9.99. The predicted octanol–water partition coefficient (Wildman–Crippen LogP) is 3.25. The summed E-state index contributed by atoms with van der Waals surface area (Å²) < 4.78 is 43.3. The maximum atomic E-state index is 12.9. The van der Waals surface area contributed by atoms with E-state index in [4.69, 9.17) is 10.00 Å². The number of ether oxygens (including phenoxy) is 1. The van der Waals surface area contributed by atoms with Crippen LogP contribution in [0.5, 0.6) is 5.75 Å². The molecule has 0 fully saturated rings. The number of H-pyrrole nitrogens is 1. The molecule has 7 heteroatoms. The average Bonchev–Trinajstić information content (AvgIpc) is 2.44. The number of nitrogens with one attached hydrogen (secondary N) is 1. The Kier molecular flexibility index (Phi) is 3.95. The number of hydrogen-bond donors (Lipinski definition) is 1. The van der Waals surface area contributed by atoms with Crippen molar-refractivity contribution >= 4 is 0 Å². The minimum atomic E-state index is -4.55. The third-order valence-electron chi connectivity index (χ3n) is 3.10. The van der Waals surface area contributed by atoms with Crippen LogP contribution in [-0.4, -0.2) is 12.1 Å². The van der Waals surface area contributed by atoms with E-state index in [9.17, 15) is 18.0 Å². The number of rotatable bonds is 2. The average molecular weight is 308 g/mol. The standard InChI is InChI=1S/C15H11F3N2O2/c1-8-5-10(11(7-19)14(21)20-8)9-3-4-12(15(16,17)18)13(6-9)22-2/h3-6H,1-2H3,(H,20,21). The quantitative estimate of drug-likeness (QED) is 0.926. The fraction of sp³-hybridized carbons (Fsp3) is 0.200. The molecule has 4 nitrogen and oxygen atoms in total. The molecule has 2 aromatic rings. The van der Waals surface area contributed by atoms with E-state index in [1.54, 1.807) is 13.0 Å². The summed E-state index contributed by atoms with van der Waals surface area (Å²) in [6, 6.07) is 6.54. The van der Waals surface area contributed by atoms with Crippen LogP contribution >= 0.6 is 0 Å². The van der Waals surface area contributed by atoms with Crippen LogP contribution in [-0.2, 0) is 6.18 Å². The SMILES string of the molecule is COc1cc(-c2cc(C)[nH]c(=O)c2C#N)ccc1C(F)(F)F. The molecule has 2 rings (SSSR count). The van der Waals surface area contributed by atoms with Crippen molar-refractivity contribution in [2.75, 3.05) is 7.11 Å². The van der Waals surface area contributed by atoms with Gasteiger partial charge in [-0.15, -0.1) is 0 Å². The van der Waals surface area contributed by atoms with Crippen LogP contribution in [0.2, 0.25) is 0 Å². The zero-order valence-electron chi connectivity index (χ0n) is 11.7. The molecule has 1 heterocycles. The number of nitriles is 1. The molecule has 0 bridgehead atoms. The van der Waals surface area contributed by atoms with Gasteiger partial charge in [-0.2, -0.15) is 18.4 Å². The number of alkyl halides is 3. The molecule has 0 aliphatic heterocycles. The molecule has 0 amide bonds. The summed E-state index contributed by atoms with van der Waals surface area (Å²) in [4.78, 5) is 14.2. The van der Waals surface area contributed by atoms with Crippen molar-refractivity contribution in [3.63, 3.8) is 0 Å². The van der Waals surface area contributed by atoms with Crippen LogP contribution in [0.15, 0.2) is 29.1 Å². The fourth-order valence-electron chi connectivity index (χ4n) is 2.12. The van der Waals surface area contributed by atoms with Crippen LogP contribution < -0.4 is 10.3 Å². The smallest absolute Gasteiger partial charge is 0.419 e. The highest BCUT2D eigenvalue weighted by Crippen LogP contribution is 2.38. The monoisotopic (exact) mass is 308 g/mol. The van der Waals surface area contributed by atoms with Gasteiger partial charge in [0.15, 0.2) is 0 Å². The van der Waals surface area contributed by atoms with Gasteiger partial charge in [-0.1, -0.05) is 6.07 Å². The first kappa shape index (κ1) is 15.6. The van der Waals surface area contributed by atoms with Crippen LogP contribution in [0.25, 0.3) is 11.1 Å². The molecule has 114 valence electrons. The molecular formula is C15H11F3N2O2. The van der Waals surface area contributed by atoms with Gasteiger partial charge in [-0.05, 0) is 30.7 Å². The largest absolute Gasteiger partial charge is 0.496 e. The summed E-state index contributed by atoms with van der Waals surface area (Å²) in [7, 11) is 1.13. The lowest BCUT2D eigenvalue weighted by Crippen LogP contribution is -2.13. The number of hydrogen-bond acceptors (Lipinski definition) is 3. The molecule has 0 saturated carbocycles. The molecule has 0 radical (unpaired) electrons. The molecule has 0 atom stereocenters. The Morgan fingerprint density at radius 1 is 1.27 bits per heavy atom. The van der Waals surface area contributed by atoms with Gasteiger partial charge < -0.3 is 9.72 Å². The third-order valence-corrected chi connectivity index (χ3v) is 3.10. The Bertz CT molecular complexity index is 817. The molecular weight excluding hydrogens is 297 g/mol. The minimum absolute atomic E-state index is 0.160. The van der Waals surface area contributed by atoms with E-state index in [-0.39, 0.29) is 16.9 Å². The van der Waals surface area contributed by atoms with Crippen LogP contribution in [0.1, 0.15) is 16.8 Å². The summed E-state index contributed by atoms with van der Waals surface area (Å²) in [5.41, 5.74) is -0.605. The van der Waals surface area contributed by atoms with Crippen LogP contribution in [0.3, 0.4) is 0 Å². The maximum Gasteiger partial charge on any atom is 0.419 e. The number of halogens is 3. The second kappa shape index (κ2) is 5.56. The second-order valence-electron chi connectivity index (χ2n) is 4.59. The number of aryl methyl sites for hydroxylation is 1. The van der Waals surface area contributed by atoms with Gasteiger partial charge in [0, 0.05) is 11.3 Å². The van der Waals surface area contributed by atoms with Crippen molar-refractivity contribution in [2.45, 2.75) is 13.1 Å². The fourth-order valence-corrected chi connectivity index (χ4v) is 2.12. The normalized spacial score (nSPS) is 11.1. The summed E-state index contributed by atoms with van der Waals surface area (Å²) in [6.07, 6.45) is -4.55. The Balaban J connectivity index is 2.71. The van der Waals surface area contributed by atoms with E-state index in [0.29, 0.717) is 11.3 Å². The predicted molar refractivity (Wildman–Crippen MR) is 73.5 cm³/mol. The zero-order chi connectivity index (χ0) is 16.5. The first-order valence-electron chi connectivity index (χ1n) is 6.17. The van der Waals surface area contributed by atoms with Crippen molar-refractivity contribution in [1.82, 2.24) is 4.98 Å². The van der Waals surface area contributed by atoms with Gasteiger partial charge in [-0.3, -0.25) is 4.79 Å². The molecule has 0 aliphatic carbocycles. The lowest BCUT2D eigenvalue weighted by molar-refractivity contribution is -0.138. The van der Waals surface area contributed by atoms with Crippen LogP contribution in [0.4, 0.5) is 13.2 Å². The van der Waals surface area contributed by atoms with Crippen molar-refractivity contribution in [3.05, 3.63) is 51.4 Å². The van der Waals surface area contributed by atoms with E-state index in [1.807, 2.05) is 0 Å². The molecule has 22 heavy (non-hydrogen) atoms. The number of pyridine rings is 1.